The molecule has 0 aliphatic heterocycles. The van der Waals surface area contributed by atoms with Crippen molar-refractivity contribution in [3.8, 4) is 0 Å². The van der Waals surface area contributed by atoms with Gasteiger partial charge in [0.25, 0.3) is 0 Å². The van der Waals surface area contributed by atoms with E-state index in [-0.39, 0.29) is 18.1 Å². The second kappa shape index (κ2) is 6.67. The number of aryl methyl sites for hydroxylation is 1. The van der Waals surface area contributed by atoms with Crippen LogP contribution in [-0.2, 0) is 4.74 Å². The molecule has 0 amide bonds. The molecule has 0 saturated carbocycles. The van der Waals surface area contributed by atoms with Gasteiger partial charge < -0.3 is 15.0 Å². The second-order valence-electron chi connectivity index (χ2n) is 3.95. The first-order valence-electron chi connectivity index (χ1n) is 5.85. The van der Waals surface area contributed by atoms with Crippen LogP contribution in [-0.4, -0.2) is 23.5 Å². The minimum absolute atomic E-state index is 0.0159. The second-order valence-corrected chi connectivity index (χ2v) is 5.55. The van der Waals surface area contributed by atoms with E-state index in [0.29, 0.717) is 16.5 Å². The number of thioether (sulfide) groups is 1. The summed E-state index contributed by atoms with van der Waals surface area (Å²) in [5.74, 6) is 0.105. The summed E-state index contributed by atoms with van der Waals surface area (Å²) in [7, 11) is 0. The Labute approximate surface area is 125 Å². The van der Waals surface area contributed by atoms with Gasteiger partial charge in [-0.3, -0.25) is 0 Å². The van der Waals surface area contributed by atoms with Crippen molar-refractivity contribution in [2.24, 2.45) is 0 Å². The lowest BCUT2D eigenvalue weighted by atomic mass is 10.2. The molecule has 2 rings (SSSR count). The summed E-state index contributed by atoms with van der Waals surface area (Å²) in [6, 6.07) is 7.46. The van der Waals surface area contributed by atoms with Crippen molar-refractivity contribution in [3.05, 3.63) is 40.5 Å². The molecule has 1 aromatic heterocycles. The first-order chi connectivity index (χ1) is 9.58. The summed E-state index contributed by atoms with van der Waals surface area (Å²) in [6.45, 7) is 1.91. The SMILES string of the molecule is Cc1noc(N)c1C(=O)OCCSc1ccc(Cl)cc1. The fourth-order valence-corrected chi connectivity index (χ4v) is 2.39. The third-order valence-corrected chi connectivity index (χ3v) is 3.72. The van der Waals surface area contributed by atoms with Gasteiger partial charge in [0.2, 0.25) is 5.88 Å². The lowest BCUT2D eigenvalue weighted by molar-refractivity contribution is 0.0530. The normalized spacial score (nSPS) is 10.5. The molecule has 0 unspecified atom stereocenters. The number of anilines is 1. The number of carbonyl (C=O) groups excluding carboxylic acids is 1. The lowest BCUT2D eigenvalue weighted by Gasteiger charge is -2.04. The van der Waals surface area contributed by atoms with Gasteiger partial charge in [0.15, 0.2) is 0 Å². The number of hydrogen-bond donors (Lipinski definition) is 1. The minimum atomic E-state index is -0.516. The van der Waals surface area contributed by atoms with Crippen molar-refractivity contribution in [2.45, 2.75) is 11.8 Å². The zero-order valence-corrected chi connectivity index (χ0v) is 12.3. The molecule has 5 nitrogen and oxygen atoms in total. The number of aromatic nitrogens is 1. The maximum atomic E-state index is 11.8. The Kier molecular flexibility index (Phi) is 4.92. The van der Waals surface area contributed by atoms with Crippen LogP contribution in [0.15, 0.2) is 33.7 Å². The smallest absolute Gasteiger partial charge is 0.345 e. The highest BCUT2D eigenvalue weighted by Gasteiger charge is 2.19. The van der Waals surface area contributed by atoms with Gasteiger partial charge in [0.1, 0.15) is 12.2 Å². The minimum Gasteiger partial charge on any atom is -0.461 e. The van der Waals surface area contributed by atoms with E-state index in [0.717, 1.165) is 4.90 Å². The molecular formula is C13H13ClN2O3S. The van der Waals surface area contributed by atoms with E-state index < -0.39 is 5.97 Å². The van der Waals surface area contributed by atoms with E-state index in [9.17, 15) is 4.79 Å². The van der Waals surface area contributed by atoms with Crippen molar-refractivity contribution in [1.82, 2.24) is 5.16 Å². The average Bonchev–Trinajstić information content (AvgIpc) is 2.76. The summed E-state index contributed by atoms with van der Waals surface area (Å²) in [5.41, 5.74) is 6.13. The first kappa shape index (κ1) is 14.7. The first-order valence-corrected chi connectivity index (χ1v) is 7.21. The van der Waals surface area contributed by atoms with Gasteiger partial charge in [-0.25, -0.2) is 4.79 Å². The van der Waals surface area contributed by atoms with Crippen molar-refractivity contribution >= 4 is 35.2 Å². The van der Waals surface area contributed by atoms with Crippen molar-refractivity contribution in [1.29, 1.82) is 0 Å². The molecule has 2 aromatic rings. The molecule has 0 saturated heterocycles. The van der Waals surface area contributed by atoms with Crippen molar-refractivity contribution < 1.29 is 14.1 Å². The van der Waals surface area contributed by atoms with E-state index >= 15 is 0 Å². The number of nitrogens with two attached hydrogens (primary N) is 1. The van der Waals surface area contributed by atoms with Crippen LogP contribution in [0, 0.1) is 6.92 Å². The zero-order valence-electron chi connectivity index (χ0n) is 10.8. The Balaban J connectivity index is 1.79. The highest BCUT2D eigenvalue weighted by Crippen LogP contribution is 2.21. The molecule has 0 atom stereocenters. The Hall–Kier alpha value is -1.66. The van der Waals surface area contributed by atoms with E-state index in [2.05, 4.69) is 5.16 Å². The highest BCUT2D eigenvalue weighted by molar-refractivity contribution is 7.99. The van der Waals surface area contributed by atoms with Crippen molar-refractivity contribution in [3.63, 3.8) is 0 Å². The molecule has 0 aliphatic rings. The van der Waals surface area contributed by atoms with Crippen LogP contribution in [0.3, 0.4) is 0 Å². The Morgan fingerprint density at radius 1 is 1.45 bits per heavy atom. The number of hydrogen-bond acceptors (Lipinski definition) is 6. The third kappa shape index (κ3) is 3.68. The fraction of sp³-hybridized carbons (Fsp3) is 0.231. The Morgan fingerprint density at radius 3 is 2.75 bits per heavy atom. The predicted molar refractivity (Wildman–Crippen MR) is 78.1 cm³/mol. The highest BCUT2D eigenvalue weighted by atomic mass is 35.5. The third-order valence-electron chi connectivity index (χ3n) is 2.49. The van der Waals surface area contributed by atoms with Gasteiger partial charge >= 0.3 is 5.97 Å². The molecule has 1 heterocycles. The van der Waals surface area contributed by atoms with E-state index in [4.69, 9.17) is 26.6 Å². The predicted octanol–water partition coefficient (Wildman–Crippen LogP) is 3.17. The molecular weight excluding hydrogens is 300 g/mol. The standard InChI is InChI=1S/C13H13ClN2O3S/c1-8-11(12(15)19-16-8)13(17)18-6-7-20-10-4-2-9(14)3-5-10/h2-5H,6-7,15H2,1H3. The van der Waals surface area contributed by atoms with Gasteiger partial charge in [0, 0.05) is 15.7 Å². The molecule has 106 valence electrons. The summed E-state index contributed by atoms with van der Waals surface area (Å²) in [6.07, 6.45) is 0. The van der Waals surface area contributed by atoms with Gasteiger partial charge in [-0.2, -0.15) is 0 Å². The molecule has 20 heavy (non-hydrogen) atoms. The largest absolute Gasteiger partial charge is 0.461 e. The van der Waals surface area contributed by atoms with Crippen LogP contribution >= 0.6 is 23.4 Å². The van der Waals surface area contributed by atoms with Gasteiger partial charge in [-0.1, -0.05) is 16.8 Å². The maximum Gasteiger partial charge on any atom is 0.345 e. The van der Waals surface area contributed by atoms with E-state index in [1.165, 1.54) is 0 Å². The van der Waals surface area contributed by atoms with Gasteiger partial charge in [0.05, 0.1) is 5.69 Å². The number of esters is 1. The summed E-state index contributed by atoms with van der Waals surface area (Å²) in [5, 5.41) is 4.30. The van der Waals surface area contributed by atoms with Crippen LogP contribution in [0.2, 0.25) is 5.02 Å². The monoisotopic (exact) mass is 312 g/mol. The van der Waals surface area contributed by atoms with Crippen LogP contribution in [0.1, 0.15) is 16.1 Å². The molecule has 1 aromatic carbocycles. The molecule has 0 aliphatic carbocycles. The Morgan fingerprint density at radius 2 is 2.15 bits per heavy atom. The number of nitrogens with zero attached hydrogens (tertiary/aromatic N) is 1. The lowest BCUT2D eigenvalue weighted by Crippen LogP contribution is -2.10. The topological polar surface area (TPSA) is 78.4 Å². The molecule has 0 radical (unpaired) electrons. The molecule has 0 bridgehead atoms. The molecule has 7 heteroatoms. The molecule has 2 N–H and O–H groups in total. The van der Waals surface area contributed by atoms with Crippen LogP contribution < -0.4 is 5.73 Å². The summed E-state index contributed by atoms with van der Waals surface area (Å²) >= 11 is 7.37. The number of nitrogen functional groups attached to an aromatic ring is 1. The fourth-order valence-electron chi connectivity index (χ4n) is 1.53. The van der Waals surface area contributed by atoms with Crippen LogP contribution in [0.25, 0.3) is 0 Å². The zero-order chi connectivity index (χ0) is 14.5. The number of benzene rings is 1. The van der Waals surface area contributed by atoms with Crippen LogP contribution in [0.4, 0.5) is 5.88 Å². The quantitative estimate of drug-likeness (QED) is 0.519. The number of rotatable bonds is 5. The van der Waals surface area contributed by atoms with E-state index in [1.54, 1.807) is 18.7 Å². The van der Waals surface area contributed by atoms with Crippen molar-refractivity contribution in [2.75, 3.05) is 18.1 Å². The summed E-state index contributed by atoms with van der Waals surface area (Å²) < 4.78 is 9.84. The number of ether oxygens (including phenoxy) is 1. The number of carbonyl (C=O) groups is 1. The van der Waals surface area contributed by atoms with Gasteiger partial charge in [-0.15, -0.1) is 11.8 Å². The number of halogens is 1. The van der Waals surface area contributed by atoms with Crippen LogP contribution in [0.5, 0.6) is 0 Å². The molecule has 0 fully saturated rings. The molecule has 0 spiro atoms. The van der Waals surface area contributed by atoms with E-state index in [1.807, 2.05) is 24.3 Å². The van der Waals surface area contributed by atoms with Gasteiger partial charge in [-0.05, 0) is 31.2 Å². The maximum absolute atomic E-state index is 11.8. The average molecular weight is 313 g/mol. The summed E-state index contributed by atoms with van der Waals surface area (Å²) in [4.78, 5) is 12.8. The Bertz CT molecular complexity index is 579.